The molecule has 0 bridgehead atoms. The average molecular weight is 454 g/mol. The van der Waals surface area contributed by atoms with Crippen molar-refractivity contribution < 1.29 is 9.53 Å². The summed E-state index contributed by atoms with van der Waals surface area (Å²) in [5.41, 5.74) is 3.89. The molecule has 1 atom stereocenters. The first-order valence-corrected chi connectivity index (χ1v) is 12.1. The lowest BCUT2D eigenvalue weighted by Gasteiger charge is -2.35. The minimum absolute atomic E-state index is 0.131. The van der Waals surface area contributed by atoms with E-state index in [2.05, 4.69) is 38.1 Å². The number of ether oxygens (including phenoxy) is 1. The molecule has 0 unspecified atom stereocenters. The normalized spacial score (nSPS) is 20.2. The number of amides is 1. The molecule has 1 aromatic heterocycles. The predicted molar refractivity (Wildman–Crippen MR) is 136 cm³/mol. The van der Waals surface area contributed by atoms with Crippen LogP contribution in [0.25, 0.3) is 16.6 Å². The fraction of sp³-hybridized carbons (Fsp3) is 0.379. The molecule has 1 amide bonds. The van der Waals surface area contributed by atoms with Crippen molar-refractivity contribution in [3.05, 3.63) is 71.9 Å². The molecule has 2 heterocycles. The number of nitrogens with zero attached hydrogens (tertiary/aromatic N) is 3. The Balaban J connectivity index is 1.60. The van der Waals surface area contributed by atoms with Gasteiger partial charge in [0.2, 0.25) is 0 Å². The van der Waals surface area contributed by atoms with Gasteiger partial charge in [-0.1, -0.05) is 24.3 Å². The van der Waals surface area contributed by atoms with E-state index in [1.54, 1.807) is 11.9 Å². The van der Waals surface area contributed by atoms with E-state index in [1.807, 2.05) is 47.0 Å². The van der Waals surface area contributed by atoms with Gasteiger partial charge in [0.1, 0.15) is 17.5 Å². The molecular formula is C29H31N3O2. The van der Waals surface area contributed by atoms with Crippen molar-refractivity contribution in [2.24, 2.45) is 5.92 Å². The van der Waals surface area contributed by atoms with Crippen LogP contribution in [-0.2, 0) is 4.74 Å². The fourth-order valence-corrected chi connectivity index (χ4v) is 5.01. The number of hydrogen-bond acceptors (Lipinski definition) is 3. The molecule has 2 aromatic carbocycles. The van der Waals surface area contributed by atoms with Gasteiger partial charge in [-0.25, -0.2) is 0 Å². The highest BCUT2D eigenvalue weighted by Gasteiger charge is 2.30. The van der Waals surface area contributed by atoms with Crippen LogP contribution in [0.4, 0.5) is 5.69 Å². The first kappa shape index (κ1) is 22.4. The SMILES string of the molecule is CN(C(=O)c1cc2cc([C@H]3CCOC(C)(C)C3)ccc2n1/C(C#N)=C/C1CC1)c1ccccc1. The Morgan fingerprint density at radius 3 is 2.59 bits per heavy atom. The summed E-state index contributed by atoms with van der Waals surface area (Å²) >= 11 is 0. The van der Waals surface area contributed by atoms with Crippen LogP contribution in [0.3, 0.4) is 0 Å². The number of anilines is 1. The summed E-state index contributed by atoms with van der Waals surface area (Å²) in [6, 6.07) is 20.4. The maximum Gasteiger partial charge on any atom is 0.275 e. The lowest BCUT2D eigenvalue weighted by molar-refractivity contribution is -0.0592. The van der Waals surface area contributed by atoms with Gasteiger partial charge >= 0.3 is 0 Å². The number of benzene rings is 2. The van der Waals surface area contributed by atoms with Crippen LogP contribution in [0.15, 0.2) is 60.7 Å². The summed E-state index contributed by atoms with van der Waals surface area (Å²) in [5.74, 6) is 0.707. The van der Waals surface area contributed by atoms with E-state index in [-0.39, 0.29) is 11.5 Å². The van der Waals surface area contributed by atoms with Crippen LogP contribution >= 0.6 is 0 Å². The van der Waals surface area contributed by atoms with E-state index in [0.717, 1.165) is 48.9 Å². The molecule has 34 heavy (non-hydrogen) atoms. The van der Waals surface area contributed by atoms with Crippen molar-refractivity contribution >= 4 is 28.2 Å². The Kier molecular flexibility index (Phi) is 5.79. The maximum atomic E-state index is 13.7. The Morgan fingerprint density at radius 2 is 1.91 bits per heavy atom. The summed E-state index contributed by atoms with van der Waals surface area (Å²) in [4.78, 5) is 15.3. The van der Waals surface area contributed by atoms with Gasteiger partial charge in [-0.2, -0.15) is 5.26 Å². The number of nitriles is 1. The summed E-state index contributed by atoms with van der Waals surface area (Å²) in [5, 5.41) is 11.0. The van der Waals surface area contributed by atoms with Crippen molar-refractivity contribution in [1.82, 2.24) is 4.57 Å². The van der Waals surface area contributed by atoms with Crippen molar-refractivity contribution in [2.75, 3.05) is 18.6 Å². The molecule has 1 saturated heterocycles. The molecule has 0 N–H and O–H groups in total. The molecule has 174 valence electrons. The zero-order valence-electron chi connectivity index (χ0n) is 20.1. The highest BCUT2D eigenvalue weighted by molar-refractivity contribution is 6.09. The van der Waals surface area contributed by atoms with E-state index in [1.165, 1.54) is 5.56 Å². The molecule has 2 aliphatic rings. The maximum absolute atomic E-state index is 13.7. The van der Waals surface area contributed by atoms with Crippen LogP contribution in [0.2, 0.25) is 0 Å². The standard InChI is InChI=1S/C29H31N3O2/c1-29(2)18-22(13-14-34-29)21-11-12-26-23(16-21)17-27(32(26)25(19-30)15-20-9-10-20)28(33)31(3)24-7-5-4-6-8-24/h4-8,11-12,15-17,20,22H,9-10,13-14,18H2,1-3H3/b25-15+/t22-/m0/s1. The zero-order chi connectivity index (χ0) is 23.9. The molecule has 1 aliphatic carbocycles. The second-order valence-corrected chi connectivity index (χ2v) is 10.2. The highest BCUT2D eigenvalue weighted by Crippen LogP contribution is 2.38. The number of carbonyl (C=O) groups excluding carboxylic acids is 1. The smallest absolute Gasteiger partial charge is 0.275 e. The summed E-state index contributed by atoms with van der Waals surface area (Å²) in [6.07, 6.45) is 6.17. The van der Waals surface area contributed by atoms with Gasteiger partial charge in [-0.15, -0.1) is 0 Å². The van der Waals surface area contributed by atoms with Crippen LogP contribution < -0.4 is 4.90 Å². The number of hydrogen-bond donors (Lipinski definition) is 0. The fourth-order valence-electron chi connectivity index (χ4n) is 5.01. The average Bonchev–Trinajstić information content (AvgIpc) is 3.59. The first-order chi connectivity index (χ1) is 16.4. The number of aromatic nitrogens is 1. The molecule has 1 saturated carbocycles. The largest absolute Gasteiger partial charge is 0.376 e. The molecule has 5 nitrogen and oxygen atoms in total. The third-order valence-electron chi connectivity index (χ3n) is 7.03. The van der Waals surface area contributed by atoms with E-state index in [0.29, 0.717) is 23.2 Å². The van der Waals surface area contributed by atoms with E-state index < -0.39 is 0 Å². The van der Waals surface area contributed by atoms with Gasteiger partial charge in [0.05, 0.1) is 11.1 Å². The third kappa shape index (κ3) is 4.38. The van der Waals surface area contributed by atoms with Crippen LogP contribution in [0.5, 0.6) is 0 Å². The number of para-hydroxylation sites is 1. The number of allylic oxidation sites excluding steroid dienone is 2. The molecule has 3 aromatic rings. The van der Waals surface area contributed by atoms with Crippen LogP contribution in [-0.4, -0.2) is 29.7 Å². The molecular weight excluding hydrogens is 422 g/mol. The van der Waals surface area contributed by atoms with E-state index in [4.69, 9.17) is 4.74 Å². The van der Waals surface area contributed by atoms with Crippen LogP contribution in [0, 0.1) is 17.2 Å². The molecule has 5 heteroatoms. The quantitative estimate of drug-likeness (QED) is 0.422. The summed E-state index contributed by atoms with van der Waals surface area (Å²) in [7, 11) is 1.78. The predicted octanol–water partition coefficient (Wildman–Crippen LogP) is 6.36. The minimum Gasteiger partial charge on any atom is -0.376 e. The molecule has 1 aliphatic heterocycles. The van der Waals surface area contributed by atoms with Gasteiger partial charge in [-0.3, -0.25) is 9.36 Å². The zero-order valence-corrected chi connectivity index (χ0v) is 20.1. The van der Waals surface area contributed by atoms with Crippen LogP contribution in [0.1, 0.15) is 61.5 Å². The lowest BCUT2D eigenvalue weighted by atomic mass is 9.83. The van der Waals surface area contributed by atoms with Gasteiger partial charge in [0.25, 0.3) is 5.91 Å². The number of rotatable bonds is 5. The summed E-state index contributed by atoms with van der Waals surface area (Å²) in [6.45, 7) is 5.05. The van der Waals surface area contributed by atoms with Crippen molar-refractivity contribution in [1.29, 1.82) is 5.26 Å². The minimum atomic E-state index is -0.135. The molecule has 2 fully saturated rings. The summed E-state index contributed by atoms with van der Waals surface area (Å²) < 4.78 is 7.77. The highest BCUT2D eigenvalue weighted by atomic mass is 16.5. The Labute approximate surface area is 201 Å². The van der Waals surface area contributed by atoms with Gasteiger partial charge in [0.15, 0.2) is 0 Å². The van der Waals surface area contributed by atoms with E-state index in [9.17, 15) is 10.1 Å². The number of carbonyl (C=O) groups is 1. The van der Waals surface area contributed by atoms with Crippen molar-refractivity contribution in [2.45, 2.75) is 51.0 Å². The second kappa shape index (κ2) is 8.77. The number of fused-ring (bicyclic) bond motifs is 1. The van der Waals surface area contributed by atoms with Gasteiger partial charge < -0.3 is 9.64 Å². The first-order valence-electron chi connectivity index (χ1n) is 12.1. The molecule has 0 spiro atoms. The topological polar surface area (TPSA) is 58.3 Å². The molecule has 0 radical (unpaired) electrons. The Bertz CT molecular complexity index is 1290. The second-order valence-electron chi connectivity index (χ2n) is 10.2. The Morgan fingerprint density at radius 1 is 1.15 bits per heavy atom. The van der Waals surface area contributed by atoms with Gasteiger partial charge in [-0.05, 0) is 93.3 Å². The lowest BCUT2D eigenvalue weighted by Crippen LogP contribution is -2.32. The van der Waals surface area contributed by atoms with Crippen molar-refractivity contribution in [3.63, 3.8) is 0 Å². The molecule has 5 rings (SSSR count). The third-order valence-corrected chi connectivity index (χ3v) is 7.03. The van der Waals surface area contributed by atoms with Gasteiger partial charge in [0, 0.05) is 24.7 Å². The van der Waals surface area contributed by atoms with E-state index >= 15 is 0 Å². The Hall–Kier alpha value is -3.36. The monoisotopic (exact) mass is 453 g/mol. The van der Waals surface area contributed by atoms with Crippen molar-refractivity contribution in [3.8, 4) is 6.07 Å².